The second-order valence-electron chi connectivity index (χ2n) is 12.1. The maximum absolute atomic E-state index is 14.1. The van der Waals surface area contributed by atoms with Crippen LogP contribution in [0.5, 0.6) is 0 Å². The van der Waals surface area contributed by atoms with Crippen molar-refractivity contribution in [1.29, 1.82) is 0 Å². The zero-order valence-corrected chi connectivity index (χ0v) is 25.9. The fourth-order valence-electron chi connectivity index (χ4n) is 7.27. The van der Waals surface area contributed by atoms with Crippen molar-refractivity contribution in [3.8, 4) is 0 Å². The first-order valence-electron chi connectivity index (χ1n) is 15.7. The maximum Gasteiger partial charge on any atom is 0.230 e. The number of nitrogens with one attached hydrogen (secondary N) is 1. The molecule has 2 unspecified atom stereocenters. The molecule has 1 N–H and O–H groups in total. The molecule has 0 bridgehead atoms. The van der Waals surface area contributed by atoms with E-state index in [2.05, 4.69) is 98.6 Å². The molecule has 2 atom stereocenters. The number of carbonyl (C=O) groups is 1. The monoisotopic (exact) mass is 614 g/mol. The Bertz CT molecular complexity index is 1330. The second-order valence-corrected chi connectivity index (χ2v) is 13.1. The number of carbonyl (C=O) groups excluding carboxylic acids is 1. The Morgan fingerprint density at radius 3 is 2.59 bits per heavy atom. The average molecular weight is 616 g/mol. The number of likely N-dealkylation sites (tertiary alicyclic amines) is 1. The topological polar surface area (TPSA) is 47.9 Å². The fraction of sp³-hybridized carbons (Fsp3) is 0.486. The van der Waals surface area contributed by atoms with Crippen LogP contribution in [0.3, 0.4) is 0 Å². The molecule has 2 aromatic rings. The number of rotatable bonds is 7. The highest BCUT2D eigenvalue weighted by molar-refractivity contribution is 9.11. The second kappa shape index (κ2) is 13.0. The SMILES string of the molecule is CCc1ccccc1C1=CC(=NCC2CCCN(C(=O)C(c3ccccc3)C3CCCC3)C2)N2CCCC(Br)=C2N1. The number of halogens is 1. The molecule has 6 rings (SSSR count). The minimum absolute atomic E-state index is 0.00398. The van der Waals surface area contributed by atoms with E-state index in [0.29, 0.717) is 17.7 Å². The van der Waals surface area contributed by atoms with E-state index in [9.17, 15) is 4.79 Å². The van der Waals surface area contributed by atoms with Crippen LogP contribution in [-0.2, 0) is 11.2 Å². The number of allylic oxidation sites excluding steroid dienone is 1. The molecular weight excluding hydrogens is 572 g/mol. The van der Waals surface area contributed by atoms with E-state index in [1.807, 2.05) is 0 Å². The van der Waals surface area contributed by atoms with Crippen LogP contribution in [0.25, 0.3) is 5.70 Å². The van der Waals surface area contributed by atoms with Crippen molar-refractivity contribution in [3.05, 3.63) is 87.7 Å². The maximum atomic E-state index is 14.1. The zero-order valence-electron chi connectivity index (χ0n) is 24.3. The molecule has 2 fully saturated rings. The van der Waals surface area contributed by atoms with Gasteiger partial charge in [-0.25, -0.2) is 0 Å². The Morgan fingerprint density at radius 1 is 1.00 bits per heavy atom. The molecule has 1 saturated carbocycles. The van der Waals surface area contributed by atoms with E-state index < -0.39 is 0 Å². The van der Waals surface area contributed by atoms with Crippen molar-refractivity contribution < 1.29 is 4.79 Å². The van der Waals surface area contributed by atoms with Crippen LogP contribution < -0.4 is 5.32 Å². The van der Waals surface area contributed by atoms with Gasteiger partial charge >= 0.3 is 0 Å². The number of amides is 1. The number of benzene rings is 2. The molecule has 3 heterocycles. The Hall–Kier alpha value is -2.86. The number of piperidine rings is 1. The Morgan fingerprint density at radius 2 is 1.78 bits per heavy atom. The summed E-state index contributed by atoms with van der Waals surface area (Å²) in [6, 6.07) is 19.2. The predicted molar refractivity (Wildman–Crippen MR) is 172 cm³/mol. The largest absolute Gasteiger partial charge is 0.342 e. The highest BCUT2D eigenvalue weighted by Crippen LogP contribution is 2.39. The van der Waals surface area contributed by atoms with Gasteiger partial charge in [-0.15, -0.1) is 0 Å². The first-order chi connectivity index (χ1) is 20.1. The molecule has 1 aliphatic carbocycles. The average Bonchev–Trinajstić information content (AvgIpc) is 3.55. The minimum atomic E-state index is -0.00398. The van der Waals surface area contributed by atoms with Gasteiger partial charge in [-0.1, -0.05) is 90.3 Å². The van der Waals surface area contributed by atoms with Crippen molar-refractivity contribution in [2.45, 2.75) is 70.6 Å². The Kier molecular flexibility index (Phi) is 8.95. The fourth-order valence-corrected chi connectivity index (χ4v) is 7.87. The molecule has 0 radical (unpaired) electrons. The van der Waals surface area contributed by atoms with Crippen LogP contribution in [0.2, 0.25) is 0 Å². The van der Waals surface area contributed by atoms with Gasteiger partial charge in [-0.3, -0.25) is 9.79 Å². The number of aliphatic imine (C=N–C) groups is 1. The molecule has 1 saturated heterocycles. The molecule has 0 aromatic heterocycles. The molecule has 216 valence electrons. The van der Waals surface area contributed by atoms with E-state index in [0.717, 1.165) is 75.6 Å². The van der Waals surface area contributed by atoms with Crippen LogP contribution in [-0.4, -0.2) is 47.7 Å². The van der Waals surface area contributed by atoms with Gasteiger partial charge in [0.25, 0.3) is 0 Å². The third kappa shape index (κ3) is 6.18. The van der Waals surface area contributed by atoms with Gasteiger partial charge in [-0.2, -0.15) is 0 Å². The summed E-state index contributed by atoms with van der Waals surface area (Å²) in [7, 11) is 0. The number of fused-ring (bicyclic) bond motifs is 1. The van der Waals surface area contributed by atoms with E-state index in [4.69, 9.17) is 4.99 Å². The summed E-state index contributed by atoms with van der Waals surface area (Å²) in [6.07, 6.45) is 12.4. The van der Waals surface area contributed by atoms with Gasteiger partial charge in [0.2, 0.25) is 5.91 Å². The van der Waals surface area contributed by atoms with Crippen LogP contribution in [0.1, 0.15) is 80.9 Å². The lowest BCUT2D eigenvalue weighted by Crippen LogP contribution is -2.45. The lowest BCUT2D eigenvalue weighted by atomic mass is 9.83. The molecular formula is C35H43BrN4O. The normalized spacial score (nSPS) is 23.3. The molecule has 4 aliphatic rings. The van der Waals surface area contributed by atoms with Gasteiger partial charge in [0.15, 0.2) is 0 Å². The van der Waals surface area contributed by atoms with Gasteiger partial charge in [0.1, 0.15) is 11.7 Å². The molecule has 3 aliphatic heterocycles. The molecule has 41 heavy (non-hydrogen) atoms. The molecule has 1 amide bonds. The predicted octanol–water partition coefficient (Wildman–Crippen LogP) is 7.46. The lowest BCUT2D eigenvalue weighted by Gasteiger charge is -2.38. The summed E-state index contributed by atoms with van der Waals surface area (Å²) >= 11 is 3.85. The standard InChI is InChI=1S/C35H43BrN4O/c1-2-26-13-8-9-18-29(26)31-22-32(40-21-11-19-30(36)34(40)38-31)37-23-25-12-10-20-39(24-25)35(41)33(28-16-6-7-17-28)27-14-4-3-5-15-27/h3-5,8-9,13-15,18,22,25,28,33,38H,2,6-7,10-12,16-17,19-21,23-24H2,1H3. The number of hydrogen-bond donors (Lipinski definition) is 1. The van der Waals surface area contributed by atoms with E-state index >= 15 is 0 Å². The van der Waals surface area contributed by atoms with E-state index in [1.54, 1.807) is 0 Å². The molecule has 6 heteroatoms. The number of nitrogens with zero attached hydrogens (tertiary/aromatic N) is 3. The third-order valence-electron chi connectivity index (χ3n) is 9.43. The third-order valence-corrected chi connectivity index (χ3v) is 10.2. The van der Waals surface area contributed by atoms with Crippen LogP contribution in [0.4, 0.5) is 0 Å². The number of amidine groups is 1. The quantitative estimate of drug-likeness (QED) is 0.352. The molecule has 5 nitrogen and oxygen atoms in total. The molecule has 2 aromatic carbocycles. The van der Waals surface area contributed by atoms with E-state index in [-0.39, 0.29) is 5.92 Å². The first kappa shape index (κ1) is 28.3. The molecule has 0 spiro atoms. The van der Waals surface area contributed by atoms with Gasteiger partial charge in [0, 0.05) is 42.3 Å². The summed E-state index contributed by atoms with van der Waals surface area (Å²) in [4.78, 5) is 23.8. The van der Waals surface area contributed by atoms with Gasteiger partial charge in [0.05, 0.1) is 11.6 Å². The highest BCUT2D eigenvalue weighted by atomic mass is 79.9. The lowest BCUT2D eigenvalue weighted by molar-refractivity contribution is -0.135. The summed E-state index contributed by atoms with van der Waals surface area (Å²) in [5.41, 5.74) is 4.90. The van der Waals surface area contributed by atoms with Crippen molar-refractivity contribution in [2.24, 2.45) is 16.8 Å². The van der Waals surface area contributed by atoms with Crippen molar-refractivity contribution in [1.82, 2.24) is 15.1 Å². The van der Waals surface area contributed by atoms with Crippen LogP contribution in [0.15, 0.2) is 76.0 Å². The van der Waals surface area contributed by atoms with Crippen LogP contribution >= 0.6 is 15.9 Å². The Labute approximate surface area is 253 Å². The van der Waals surface area contributed by atoms with Crippen molar-refractivity contribution in [2.75, 3.05) is 26.2 Å². The highest BCUT2D eigenvalue weighted by Gasteiger charge is 2.36. The van der Waals surface area contributed by atoms with Crippen LogP contribution in [0, 0.1) is 11.8 Å². The Balaban J connectivity index is 1.22. The minimum Gasteiger partial charge on any atom is -0.342 e. The first-order valence-corrected chi connectivity index (χ1v) is 16.5. The van der Waals surface area contributed by atoms with Crippen molar-refractivity contribution >= 4 is 33.4 Å². The number of aryl methyl sites for hydroxylation is 1. The summed E-state index contributed by atoms with van der Waals surface area (Å²) in [5.74, 6) is 3.35. The van der Waals surface area contributed by atoms with Gasteiger partial charge < -0.3 is 15.1 Å². The smallest absolute Gasteiger partial charge is 0.230 e. The van der Waals surface area contributed by atoms with E-state index in [1.165, 1.54) is 46.9 Å². The summed E-state index contributed by atoms with van der Waals surface area (Å²) in [5, 5.41) is 3.73. The number of hydrogen-bond acceptors (Lipinski definition) is 3. The van der Waals surface area contributed by atoms with Gasteiger partial charge in [-0.05, 0) is 67.9 Å². The summed E-state index contributed by atoms with van der Waals surface area (Å²) in [6.45, 7) is 5.61. The summed E-state index contributed by atoms with van der Waals surface area (Å²) < 4.78 is 1.21. The zero-order chi connectivity index (χ0) is 28.2. The van der Waals surface area contributed by atoms with Crippen molar-refractivity contribution in [3.63, 3.8) is 0 Å².